The zero-order chi connectivity index (χ0) is 17.6. The number of hydrogen-bond donors (Lipinski definition) is 2. The Hall–Kier alpha value is -2.86. The maximum Gasteiger partial charge on any atom is 0.262 e. The number of hydrogen-bond acceptors (Lipinski definition) is 5. The summed E-state index contributed by atoms with van der Waals surface area (Å²) in [5.41, 5.74) is 9.24. The van der Waals surface area contributed by atoms with E-state index in [2.05, 4.69) is 17.2 Å². The van der Waals surface area contributed by atoms with Gasteiger partial charge in [-0.2, -0.15) is 0 Å². The average molecular weight is 353 g/mol. The molecule has 0 radical (unpaired) electrons. The van der Waals surface area contributed by atoms with E-state index in [0.29, 0.717) is 10.9 Å². The predicted molar refractivity (Wildman–Crippen MR) is 102 cm³/mol. The number of carbonyl (C=O) groups excluding carboxylic acids is 1. The van der Waals surface area contributed by atoms with Crippen molar-refractivity contribution in [2.45, 2.75) is 13.3 Å². The van der Waals surface area contributed by atoms with E-state index in [4.69, 9.17) is 10.5 Å². The fourth-order valence-corrected chi connectivity index (χ4v) is 2.94. The van der Waals surface area contributed by atoms with Gasteiger partial charge in [0, 0.05) is 16.6 Å². The van der Waals surface area contributed by atoms with Gasteiger partial charge in [0.05, 0.1) is 5.69 Å². The Bertz CT molecular complexity index is 859. The lowest BCUT2D eigenvalue weighted by Crippen LogP contribution is -2.20. The second kappa shape index (κ2) is 7.81. The molecule has 0 atom stereocenters. The van der Waals surface area contributed by atoms with Gasteiger partial charge < -0.3 is 15.8 Å². The number of aromatic nitrogens is 1. The monoisotopic (exact) mass is 353 g/mol. The third-order valence-corrected chi connectivity index (χ3v) is 4.36. The van der Waals surface area contributed by atoms with Crippen LogP contribution in [0.5, 0.6) is 5.75 Å². The van der Waals surface area contributed by atoms with E-state index in [1.807, 2.05) is 53.9 Å². The van der Waals surface area contributed by atoms with Gasteiger partial charge in [0.2, 0.25) is 0 Å². The van der Waals surface area contributed by atoms with Gasteiger partial charge in [-0.15, -0.1) is 11.3 Å². The summed E-state index contributed by atoms with van der Waals surface area (Å²) in [6.07, 6.45) is 0.968. The molecule has 5 nitrogen and oxygen atoms in total. The molecule has 0 saturated heterocycles. The number of anilines is 2. The summed E-state index contributed by atoms with van der Waals surface area (Å²) in [6.45, 7) is 2.01. The van der Waals surface area contributed by atoms with E-state index in [9.17, 15) is 4.79 Å². The molecule has 25 heavy (non-hydrogen) atoms. The SMILES string of the molecule is CCc1ccc(NC(=O)COc2ccccc2-c2csc(N)n2)cc1. The highest BCUT2D eigenvalue weighted by atomic mass is 32.1. The van der Waals surface area contributed by atoms with E-state index in [0.717, 1.165) is 23.4 Å². The summed E-state index contributed by atoms with van der Waals surface area (Å²) in [5.74, 6) is 0.390. The number of nitrogens with zero attached hydrogens (tertiary/aromatic N) is 1. The molecule has 0 aliphatic carbocycles. The summed E-state index contributed by atoms with van der Waals surface area (Å²) in [7, 11) is 0. The van der Waals surface area contributed by atoms with Gasteiger partial charge in [-0.25, -0.2) is 4.98 Å². The highest BCUT2D eigenvalue weighted by Gasteiger charge is 2.11. The number of amides is 1. The van der Waals surface area contributed by atoms with E-state index >= 15 is 0 Å². The Balaban J connectivity index is 1.64. The molecule has 2 aromatic carbocycles. The van der Waals surface area contributed by atoms with Crippen LogP contribution in [0.1, 0.15) is 12.5 Å². The molecule has 128 valence electrons. The Morgan fingerprint density at radius 2 is 1.96 bits per heavy atom. The molecular weight excluding hydrogens is 334 g/mol. The molecule has 3 aromatic rings. The molecule has 0 aliphatic rings. The van der Waals surface area contributed by atoms with E-state index < -0.39 is 0 Å². The number of para-hydroxylation sites is 1. The largest absolute Gasteiger partial charge is 0.483 e. The van der Waals surface area contributed by atoms with Crippen LogP contribution in [-0.4, -0.2) is 17.5 Å². The van der Waals surface area contributed by atoms with Gasteiger partial charge in [0.1, 0.15) is 5.75 Å². The number of benzene rings is 2. The van der Waals surface area contributed by atoms with Crippen LogP contribution in [0.15, 0.2) is 53.9 Å². The minimum Gasteiger partial charge on any atom is -0.483 e. The molecular formula is C19H19N3O2S. The zero-order valence-corrected chi connectivity index (χ0v) is 14.7. The van der Waals surface area contributed by atoms with Crippen molar-refractivity contribution in [1.82, 2.24) is 4.98 Å². The maximum atomic E-state index is 12.1. The average Bonchev–Trinajstić information content (AvgIpc) is 3.07. The van der Waals surface area contributed by atoms with Gasteiger partial charge in [-0.3, -0.25) is 4.79 Å². The second-order valence-corrected chi connectivity index (χ2v) is 6.34. The van der Waals surface area contributed by atoms with Crippen molar-refractivity contribution in [3.8, 4) is 17.0 Å². The summed E-state index contributed by atoms with van der Waals surface area (Å²) < 4.78 is 5.69. The number of nitrogens with one attached hydrogen (secondary N) is 1. The highest BCUT2D eigenvalue weighted by Crippen LogP contribution is 2.31. The lowest BCUT2D eigenvalue weighted by atomic mass is 10.1. The molecule has 0 aliphatic heterocycles. The van der Waals surface area contributed by atoms with Gasteiger partial charge >= 0.3 is 0 Å². The number of nitrogens with two attached hydrogens (primary N) is 1. The normalized spacial score (nSPS) is 10.4. The quantitative estimate of drug-likeness (QED) is 0.703. The van der Waals surface area contributed by atoms with Gasteiger partial charge in [-0.05, 0) is 36.2 Å². The Kier molecular flexibility index (Phi) is 5.30. The van der Waals surface area contributed by atoms with E-state index in [-0.39, 0.29) is 12.5 Å². The van der Waals surface area contributed by atoms with Gasteiger partial charge in [0.25, 0.3) is 5.91 Å². The van der Waals surface area contributed by atoms with Crippen molar-refractivity contribution in [2.24, 2.45) is 0 Å². The number of aryl methyl sites for hydroxylation is 1. The summed E-state index contributed by atoms with van der Waals surface area (Å²) in [6, 6.07) is 15.2. The summed E-state index contributed by atoms with van der Waals surface area (Å²) in [4.78, 5) is 16.4. The van der Waals surface area contributed by atoms with Crippen molar-refractivity contribution in [2.75, 3.05) is 17.7 Å². The minimum absolute atomic E-state index is 0.0772. The number of carbonyl (C=O) groups is 1. The molecule has 1 aromatic heterocycles. The number of ether oxygens (including phenoxy) is 1. The van der Waals surface area contributed by atoms with Crippen LogP contribution in [0.25, 0.3) is 11.3 Å². The van der Waals surface area contributed by atoms with Crippen molar-refractivity contribution in [1.29, 1.82) is 0 Å². The number of rotatable bonds is 6. The second-order valence-electron chi connectivity index (χ2n) is 5.45. The third-order valence-electron chi connectivity index (χ3n) is 3.69. The van der Waals surface area contributed by atoms with Crippen LogP contribution in [0.2, 0.25) is 0 Å². The van der Waals surface area contributed by atoms with Crippen molar-refractivity contribution >= 4 is 28.1 Å². The molecule has 6 heteroatoms. The first kappa shape index (κ1) is 17.0. The van der Waals surface area contributed by atoms with Crippen LogP contribution in [0.4, 0.5) is 10.8 Å². The Morgan fingerprint density at radius 1 is 1.20 bits per heavy atom. The van der Waals surface area contributed by atoms with Crippen molar-refractivity contribution in [3.63, 3.8) is 0 Å². The maximum absolute atomic E-state index is 12.1. The number of nitrogen functional groups attached to an aromatic ring is 1. The van der Waals surface area contributed by atoms with Gasteiger partial charge in [-0.1, -0.05) is 31.2 Å². The molecule has 1 amide bonds. The van der Waals surface area contributed by atoms with Crippen LogP contribution in [0.3, 0.4) is 0 Å². The molecule has 0 saturated carbocycles. The molecule has 0 fully saturated rings. The molecule has 0 unspecified atom stereocenters. The van der Waals surface area contributed by atoms with Crippen LogP contribution in [-0.2, 0) is 11.2 Å². The molecule has 3 N–H and O–H groups in total. The van der Waals surface area contributed by atoms with Gasteiger partial charge in [0.15, 0.2) is 11.7 Å². The molecule has 0 spiro atoms. The molecule has 0 bridgehead atoms. The van der Waals surface area contributed by atoms with Crippen molar-refractivity contribution in [3.05, 3.63) is 59.5 Å². The first-order valence-corrected chi connectivity index (χ1v) is 8.85. The first-order chi connectivity index (χ1) is 12.2. The van der Waals surface area contributed by atoms with E-state index in [1.165, 1.54) is 16.9 Å². The Labute approximate surface area is 150 Å². The molecule has 1 heterocycles. The number of thiazole rings is 1. The smallest absolute Gasteiger partial charge is 0.262 e. The van der Waals surface area contributed by atoms with Crippen LogP contribution >= 0.6 is 11.3 Å². The summed E-state index contributed by atoms with van der Waals surface area (Å²) >= 11 is 1.37. The zero-order valence-electron chi connectivity index (χ0n) is 13.9. The fourth-order valence-electron chi connectivity index (χ4n) is 2.38. The summed E-state index contributed by atoms with van der Waals surface area (Å²) in [5, 5.41) is 5.20. The Morgan fingerprint density at radius 3 is 2.64 bits per heavy atom. The lowest BCUT2D eigenvalue weighted by molar-refractivity contribution is -0.118. The third kappa shape index (κ3) is 4.36. The standard InChI is InChI=1S/C19H19N3O2S/c1-2-13-7-9-14(10-8-13)21-18(23)11-24-17-6-4-3-5-15(17)16-12-25-19(20)22-16/h3-10,12H,2,11H2,1H3,(H2,20,22)(H,21,23). The van der Waals surface area contributed by atoms with Crippen LogP contribution < -0.4 is 15.8 Å². The minimum atomic E-state index is -0.211. The highest BCUT2D eigenvalue weighted by molar-refractivity contribution is 7.13. The van der Waals surface area contributed by atoms with E-state index in [1.54, 1.807) is 0 Å². The van der Waals surface area contributed by atoms with Crippen molar-refractivity contribution < 1.29 is 9.53 Å². The fraction of sp³-hybridized carbons (Fsp3) is 0.158. The molecule has 3 rings (SSSR count). The lowest BCUT2D eigenvalue weighted by Gasteiger charge is -2.10. The predicted octanol–water partition coefficient (Wildman–Crippen LogP) is 3.97. The van der Waals surface area contributed by atoms with Crippen LogP contribution in [0, 0.1) is 0 Å². The topological polar surface area (TPSA) is 77.2 Å². The first-order valence-electron chi connectivity index (χ1n) is 7.97.